The predicted octanol–water partition coefficient (Wildman–Crippen LogP) is 4.90. The van der Waals surface area contributed by atoms with Crippen LogP contribution in [0.2, 0.25) is 5.02 Å². The van der Waals surface area contributed by atoms with Crippen LogP contribution < -0.4 is 5.73 Å². The molecule has 0 aliphatic rings. The van der Waals surface area contributed by atoms with Gasteiger partial charge in [-0.05, 0) is 36.8 Å². The van der Waals surface area contributed by atoms with Crippen LogP contribution in [0.4, 0.5) is 0 Å². The number of fused-ring (bicyclic) bond motifs is 3. The molecule has 3 nitrogen and oxygen atoms in total. The molecule has 0 radical (unpaired) electrons. The predicted molar refractivity (Wildman–Crippen MR) is 103 cm³/mol. The zero-order chi connectivity index (χ0) is 17.6. The van der Waals surface area contributed by atoms with E-state index >= 15 is 0 Å². The SMILES string of the molecule is Cc1cccc(Cn2c3cc(Cl)ccc3c3c(C(N)=O)cccc32)c1. The van der Waals surface area contributed by atoms with Crippen molar-refractivity contribution in [3.63, 3.8) is 0 Å². The quantitative estimate of drug-likeness (QED) is 0.562. The van der Waals surface area contributed by atoms with Crippen molar-refractivity contribution < 1.29 is 4.79 Å². The minimum Gasteiger partial charge on any atom is -0.366 e. The van der Waals surface area contributed by atoms with Crippen LogP contribution in [0.5, 0.6) is 0 Å². The number of aryl methyl sites for hydroxylation is 1. The van der Waals surface area contributed by atoms with Crippen LogP contribution in [0, 0.1) is 6.92 Å². The molecule has 4 aromatic rings. The van der Waals surface area contributed by atoms with E-state index in [0.717, 1.165) is 21.8 Å². The first-order valence-electron chi connectivity index (χ1n) is 8.10. The molecule has 1 heterocycles. The van der Waals surface area contributed by atoms with Gasteiger partial charge in [0.2, 0.25) is 5.91 Å². The number of hydrogen-bond donors (Lipinski definition) is 1. The van der Waals surface area contributed by atoms with Crippen molar-refractivity contribution in [2.75, 3.05) is 0 Å². The summed E-state index contributed by atoms with van der Waals surface area (Å²) in [6, 6.07) is 19.8. The van der Waals surface area contributed by atoms with Crippen molar-refractivity contribution >= 4 is 39.3 Å². The molecule has 1 amide bonds. The first-order chi connectivity index (χ1) is 12.0. The average Bonchev–Trinajstić information content (AvgIpc) is 2.88. The van der Waals surface area contributed by atoms with Crippen LogP contribution in [0.15, 0.2) is 60.7 Å². The van der Waals surface area contributed by atoms with Gasteiger partial charge >= 0.3 is 0 Å². The lowest BCUT2D eigenvalue weighted by Gasteiger charge is -2.09. The van der Waals surface area contributed by atoms with Crippen molar-refractivity contribution in [1.29, 1.82) is 0 Å². The summed E-state index contributed by atoms with van der Waals surface area (Å²) in [6.45, 7) is 2.78. The molecule has 1 aromatic heterocycles. The third-order valence-corrected chi connectivity index (χ3v) is 4.78. The van der Waals surface area contributed by atoms with Gasteiger partial charge in [-0.3, -0.25) is 4.79 Å². The molecule has 0 fully saturated rings. The first-order valence-corrected chi connectivity index (χ1v) is 8.48. The van der Waals surface area contributed by atoms with Crippen LogP contribution in [0.1, 0.15) is 21.5 Å². The van der Waals surface area contributed by atoms with Gasteiger partial charge in [0, 0.05) is 27.9 Å². The zero-order valence-corrected chi connectivity index (χ0v) is 14.5. The molecular formula is C21H17ClN2O. The monoisotopic (exact) mass is 348 g/mol. The van der Waals surface area contributed by atoms with E-state index in [1.165, 1.54) is 11.1 Å². The maximum Gasteiger partial charge on any atom is 0.249 e. The minimum atomic E-state index is -0.421. The highest BCUT2D eigenvalue weighted by atomic mass is 35.5. The fraction of sp³-hybridized carbons (Fsp3) is 0.0952. The van der Waals surface area contributed by atoms with Crippen molar-refractivity contribution in [3.8, 4) is 0 Å². The molecular weight excluding hydrogens is 332 g/mol. The fourth-order valence-electron chi connectivity index (χ4n) is 3.49. The minimum absolute atomic E-state index is 0.421. The number of benzene rings is 3. The molecule has 0 bridgehead atoms. The zero-order valence-electron chi connectivity index (χ0n) is 13.8. The maximum atomic E-state index is 11.9. The Morgan fingerprint density at radius 3 is 2.60 bits per heavy atom. The second-order valence-electron chi connectivity index (χ2n) is 6.30. The maximum absolute atomic E-state index is 11.9. The van der Waals surface area contributed by atoms with E-state index in [2.05, 4.69) is 35.8 Å². The molecule has 0 saturated heterocycles. The van der Waals surface area contributed by atoms with Gasteiger partial charge < -0.3 is 10.3 Å². The molecule has 0 atom stereocenters. The highest BCUT2D eigenvalue weighted by molar-refractivity contribution is 6.32. The summed E-state index contributed by atoms with van der Waals surface area (Å²) < 4.78 is 2.19. The van der Waals surface area contributed by atoms with E-state index in [1.54, 1.807) is 6.07 Å². The highest BCUT2D eigenvalue weighted by Gasteiger charge is 2.16. The Balaban J connectivity index is 2.06. The van der Waals surface area contributed by atoms with Gasteiger partial charge in [-0.15, -0.1) is 0 Å². The molecule has 0 aliphatic heterocycles. The lowest BCUT2D eigenvalue weighted by Crippen LogP contribution is -2.11. The van der Waals surface area contributed by atoms with Crippen LogP contribution >= 0.6 is 11.6 Å². The number of primary amides is 1. The van der Waals surface area contributed by atoms with Crippen LogP contribution in [0.25, 0.3) is 21.8 Å². The summed E-state index contributed by atoms with van der Waals surface area (Å²) in [4.78, 5) is 11.9. The average molecular weight is 349 g/mol. The van der Waals surface area contributed by atoms with Gasteiger partial charge in [-0.1, -0.05) is 53.6 Å². The normalized spacial score (nSPS) is 11.3. The smallest absolute Gasteiger partial charge is 0.249 e. The molecule has 0 unspecified atom stereocenters. The van der Waals surface area contributed by atoms with Crippen molar-refractivity contribution in [2.45, 2.75) is 13.5 Å². The molecule has 0 aliphatic carbocycles. The van der Waals surface area contributed by atoms with E-state index in [-0.39, 0.29) is 0 Å². The van der Waals surface area contributed by atoms with Crippen molar-refractivity contribution in [1.82, 2.24) is 4.57 Å². The Kier molecular flexibility index (Phi) is 3.74. The summed E-state index contributed by atoms with van der Waals surface area (Å²) in [5.41, 5.74) is 10.5. The van der Waals surface area contributed by atoms with Gasteiger partial charge in [0.05, 0.1) is 11.0 Å². The molecule has 0 spiro atoms. The van der Waals surface area contributed by atoms with E-state index in [1.807, 2.05) is 30.3 Å². The highest BCUT2D eigenvalue weighted by Crippen LogP contribution is 2.33. The summed E-state index contributed by atoms with van der Waals surface area (Å²) in [6.07, 6.45) is 0. The summed E-state index contributed by atoms with van der Waals surface area (Å²) in [5.74, 6) is -0.421. The van der Waals surface area contributed by atoms with Gasteiger partial charge in [0.1, 0.15) is 0 Å². The van der Waals surface area contributed by atoms with Gasteiger partial charge in [0.25, 0.3) is 0 Å². The largest absolute Gasteiger partial charge is 0.366 e. The Bertz CT molecular complexity index is 1130. The van der Waals surface area contributed by atoms with Crippen LogP contribution in [0.3, 0.4) is 0 Å². The Morgan fingerprint density at radius 2 is 1.84 bits per heavy atom. The molecule has 25 heavy (non-hydrogen) atoms. The molecule has 4 rings (SSSR count). The fourth-order valence-corrected chi connectivity index (χ4v) is 3.65. The molecule has 3 aromatic carbocycles. The van der Waals surface area contributed by atoms with Gasteiger partial charge in [-0.25, -0.2) is 0 Å². The summed E-state index contributed by atoms with van der Waals surface area (Å²) in [7, 11) is 0. The molecule has 0 saturated carbocycles. The Labute approximate surface area is 150 Å². The Hall–Kier alpha value is -2.78. The van der Waals surface area contributed by atoms with E-state index in [9.17, 15) is 4.79 Å². The van der Waals surface area contributed by atoms with E-state index in [0.29, 0.717) is 17.1 Å². The third kappa shape index (κ3) is 2.67. The van der Waals surface area contributed by atoms with Gasteiger partial charge in [0.15, 0.2) is 0 Å². The lowest BCUT2D eigenvalue weighted by atomic mass is 10.1. The lowest BCUT2D eigenvalue weighted by molar-refractivity contribution is 0.100. The number of carbonyl (C=O) groups excluding carboxylic acids is 1. The first kappa shape index (κ1) is 15.7. The molecule has 2 N–H and O–H groups in total. The number of carbonyl (C=O) groups is 1. The number of hydrogen-bond acceptors (Lipinski definition) is 1. The number of nitrogens with two attached hydrogens (primary N) is 1. The van der Waals surface area contributed by atoms with E-state index < -0.39 is 5.91 Å². The summed E-state index contributed by atoms with van der Waals surface area (Å²) in [5, 5.41) is 2.54. The second-order valence-corrected chi connectivity index (χ2v) is 6.74. The standard InChI is InChI=1S/C21H17ClN2O/c1-13-4-2-5-14(10-13)12-24-18-7-3-6-17(21(23)25)20(18)16-9-8-15(22)11-19(16)24/h2-11H,12H2,1H3,(H2,23,25). The number of rotatable bonds is 3. The number of amides is 1. The Morgan fingerprint density at radius 1 is 1.04 bits per heavy atom. The van der Waals surface area contributed by atoms with Gasteiger partial charge in [-0.2, -0.15) is 0 Å². The molecule has 124 valence electrons. The van der Waals surface area contributed by atoms with Crippen LogP contribution in [-0.4, -0.2) is 10.5 Å². The number of nitrogens with zero attached hydrogens (tertiary/aromatic N) is 1. The van der Waals surface area contributed by atoms with Crippen molar-refractivity contribution in [3.05, 3.63) is 82.4 Å². The second kappa shape index (κ2) is 5.94. The number of aromatic nitrogens is 1. The molecule has 4 heteroatoms. The van der Waals surface area contributed by atoms with E-state index in [4.69, 9.17) is 17.3 Å². The third-order valence-electron chi connectivity index (χ3n) is 4.54. The number of halogens is 1. The van der Waals surface area contributed by atoms with Crippen molar-refractivity contribution in [2.24, 2.45) is 5.73 Å². The topological polar surface area (TPSA) is 48.0 Å². The summed E-state index contributed by atoms with van der Waals surface area (Å²) >= 11 is 6.24. The van der Waals surface area contributed by atoms with Crippen LogP contribution in [-0.2, 0) is 6.54 Å².